The maximum atomic E-state index is 12.3. The summed E-state index contributed by atoms with van der Waals surface area (Å²) in [6.07, 6.45) is 3.17. The summed E-state index contributed by atoms with van der Waals surface area (Å²) < 4.78 is 16.3. The molecule has 0 aliphatic carbocycles. The number of nitrogens with one attached hydrogen (secondary N) is 1. The maximum absolute atomic E-state index is 12.3. The Balaban J connectivity index is 2.15. The molecule has 5 heteroatoms. The molecule has 0 saturated carbocycles. The van der Waals surface area contributed by atoms with Crippen LogP contribution in [0, 0.1) is 0 Å². The minimum atomic E-state index is -0.263. The highest BCUT2D eigenvalue weighted by molar-refractivity contribution is 6.03. The van der Waals surface area contributed by atoms with E-state index in [-0.39, 0.29) is 5.91 Å². The van der Waals surface area contributed by atoms with E-state index in [1.165, 1.54) is 6.08 Å². The van der Waals surface area contributed by atoms with Crippen molar-refractivity contribution in [2.24, 2.45) is 0 Å². The van der Waals surface area contributed by atoms with E-state index < -0.39 is 0 Å². The highest BCUT2D eigenvalue weighted by Crippen LogP contribution is 2.29. The predicted octanol–water partition coefficient (Wildman–Crippen LogP) is 4.14. The Kier molecular flexibility index (Phi) is 6.89. The lowest BCUT2D eigenvalue weighted by molar-refractivity contribution is -0.111. The smallest absolute Gasteiger partial charge is 0.248 e. The molecule has 0 fully saturated rings. The topological polar surface area (TPSA) is 56.8 Å². The summed E-state index contributed by atoms with van der Waals surface area (Å²) >= 11 is 0. The first-order valence-corrected chi connectivity index (χ1v) is 8.19. The molecule has 0 radical (unpaired) electrons. The van der Waals surface area contributed by atoms with Gasteiger partial charge in [0.1, 0.15) is 17.2 Å². The van der Waals surface area contributed by atoms with E-state index in [0.29, 0.717) is 36.1 Å². The number of hydrogen-bond donors (Lipinski definition) is 1. The van der Waals surface area contributed by atoms with Gasteiger partial charge in [-0.05, 0) is 38.1 Å². The van der Waals surface area contributed by atoms with Crippen molar-refractivity contribution in [3.63, 3.8) is 0 Å². The highest BCUT2D eigenvalue weighted by Gasteiger charge is 2.08. The van der Waals surface area contributed by atoms with E-state index in [9.17, 15) is 4.79 Å². The van der Waals surface area contributed by atoms with Crippen LogP contribution in [-0.2, 0) is 4.79 Å². The SMILES string of the molecule is CCOc1ccc(OCC)c(NC(=O)/C=C/c2ccccc2OC)c1. The standard InChI is InChI=1S/C20H23NO4/c1-4-24-16-11-12-19(25-5-2)17(14-16)21-20(22)13-10-15-8-6-7-9-18(15)23-3/h6-14H,4-5H2,1-3H3,(H,21,22)/b13-10+. The Morgan fingerprint density at radius 3 is 2.52 bits per heavy atom. The molecule has 132 valence electrons. The summed E-state index contributed by atoms with van der Waals surface area (Å²) in [6.45, 7) is 4.86. The van der Waals surface area contributed by atoms with Crippen LogP contribution >= 0.6 is 0 Å². The molecule has 2 rings (SSSR count). The number of benzene rings is 2. The zero-order valence-corrected chi connectivity index (χ0v) is 14.7. The lowest BCUT2D eigenvalue weighted by Crippen LogP contribution is -2.10. The van der Waals surface area contributed by atoms with Crippen LogP contribution in [-0.4, -0.2) is 26.2 Å². The third kappa shape index (κ3) is 5.28. The van der Waals surface area contributed by atoms with Crippen LogP contribution in [0.3, 0.4) is 0 Å². The van der Waals surface area contributed by atoms with Crippen LogP contribution in [0.4, 0.5) is 5.69 Å². The van der Waals surface area contributed by atoms with Crippen molar-refractivity contribution in [1.82, 2.24) is 0 Å². The molecular weight excluding hydrogens is 318 g/mol. The average Bonchev–Trinajstić information content (AvgIpc) is 2.62. The molecule has 2 aromatic carbocycles. The second-order valence-corrected chi connectivity index (χ2v) is 5.09. The lowest BCUT2D eigenvalue weighted by atomic mass is 10.2. The third-order valence-electron chi connectivity index (χ3n) is 3.37. The number of hydrogen-bond acceptors (Lipinski definition) is 4. The van der Waals surface area contributed by atoms with E-state index in [1.54, 1.807) is 25.3 Å². The van der Waals surface area contributed by atoms with E-state index in [1.807, 2.05) is 44.2 Å². The Morgan fingerprint density at radius 2 is 1.80 bits per heavy atom. The zero-order chi connectivity index (χ0) is 18.1. The molecule has 0 heterocycles. The number of amides is 1. The van der Waals surface area contributed by atoms with Crippen molar-refractivity contribution in [2.75, 3.05) is 25.6 Å². The van der Waals surface area contributed by atoms with Crippen molar-refractivity contribution in [2.45, 2.75) is 13.8 Å². The van der Waals surface area contributed by atoms with Gasteiger partial charge in [-0.2, -0.15) is 0 Å². The van der Waals surface area contributed by atoms with Gasteiger partial charge in [-0.3, -0.25) is 4.79 Å². The van der Waals surface area contributed by atoms with E-state index in [2.05, 4.69) is 5.32 Å². The number of anilines is 1. The third-order valence-corrected chi connectivity index (χ3v) is 3.37. The number of rotatable bonds is 8. The summed E-state index contributed by atoms with van der Waals surface area (Å²) in [5.41, 5.74) is 1.40. The molecule has 0 atom stereocenters. The first-order valence-electron chi connectivity index (χ1n) is 8.19. The molecular formula is C20H23NO4. The monoisotopic (exact) mass is 341 g/mol. The van der Waals surface area contributed by atoms with Crippen LogP contribution in [0.25, 0.3) is 6.08 Å². The largest absolute Gasteiger partial charge is 0.496 e. The lowest BCUT2D eigenvalue weighted by Gasteiger charge is -2.12. The van der Waals surface area contributed by atoms with Crippen molar-refractivity contribution >= 4 is 17.7 Å². The predicted molar refractivity (Wildman–Crippen MR) is 99.4 cm³/mol. The second-order valence-electron chi connectivity index (χ2n) is 5.09. The van der Waals surface area contributed by atoms with Crippen LogP contribution in [0.15, 0.2) is 48.5 Å². The molecule has 0 aliphatic heterocycles. The first kappa shape index (κ1) is 18.4. The van der Waals surface area contributed by atoms with Crippen molar-refractivity contribution in [3.05, 3.63) is 54.1 Å². The van der Waals surface area contributed by atoms with Gasteiger partial charge >= 0.3 is 0 Å². The fourth-order valence-electron chi connectivity index (χ4n) is 2.29. The van der Waals surface area contributed by atoms with Crippen LogP contribution in [0.1, 0.15) is 19.4 Å². The zero-order valence-electron chi connectivity index (χ0n) is 14.7. The summed E-state index contributed by atoms with van der Waals surface area (Å²) in [7, 11) is 1.60. The first-order chi connectivity index (χ1) is 12.2. The van der Waals surface area contributed by atoms with Gasteiger partial charge in [-0.1, -0.05) is 18.2 Å². The maximum Gasteiger partial charge on any atom is 0.248 e. The van der Waals surface area contributed by atoms with Gasteiger partial charge in [-0.25, -0.2) is 0 Å². The van der Waals surface area contributed by atoms with Gasteiger partial charge in [0.2, 0.25) is 5.91 Å². The summed E-state index contributed by atoms with van der Waals surface area (Å²) in [4.78, 5) is 12.3. The Morgan fingerprint density at radius 1 is 1.04 bits per heavy atom. The van der Waals surface area contributed by atoms with Gasteiger partial charge in [0.05, 0.1) is 26.0 Å². The minimum absolute atomic E-state index is 0.263. The van der Waals surface area contributed by atoms with Gasteiger partial charge < -0.3 is 19.5 Å². The average molecular weight is 341 g/mol. The minimum Gasteiger partial charge on any atom is -0.496 e. The number of carbonyl (C=O) groups is 1. The molecule has 25 heavy (non-hydrogen) atoms. The molecule has 1 amide bonds. The Bertz CT molecular complexity index is 740. The quantitative estimate of drug-likeness (QED) is 0.733. The molecule has 0 unspecified atom stereocenters. The number of para-hydroxylation sites is 1. The van der Waals surface area contributed by atoms with E-state index >= 15 is 0 Å². The van der Waals surface area contributed by atoms with Gasteiger partial charge in [0.15, 0.2) is 0 Å². The number of methoxy groups -OCH3 is 1. The Hall–Kier alpha value is -2.95. The summed E-state index contributed by atoms with van der Waals surface area (Å²) in [5.74, 6) is 1.72. The van der Waals surface area contributed by atoms with Gasteiger partial charge in [-0.15, -0.1) is 0 Å². The van der Waals surface area contributed by atoms with Crippen LogP contribution in [0.2, 0.25) is 0 Å². The fourth-order valence-corrected chi connectivity index (χ4v) is 2.29. The molecule has 0 spiro atoms. The molecule has 0 saturated heterocycles. The second kappa shape index (κ2) is 9.37. The molecule has 0 aliphatic rings. The molecule has 5 nitrogen and oxygen atoms in total. The van der Waals surface area contributed by atoms with Crippen LogP contribution < -0.4 is 19.5 Å². The van der Waals surface area contributed by atoms with Crippen molar-refractivity contribution in [3.8, 4) is 17.2 Å². The van der Waals surface area contributed by atoms with Gasteiger partial charge in [0, 0.05) is 17.7 Å². The summed E-state index contributed by atoms with van der Waals surface area (Å²) in [6, 6.07) is 12.8. The van der Waals surface area contributed by atoms with Crippen LogP contribution in [0.5, 0.6) is 17.2 Å². The molecule has 0 aromatic heterocycles. The molecule has 2 aromatic rings. The summed E-state index contributed by atoms with van der Waals surface area (Å²) in [5, 5.41) is 2.83. The number of ether oxygens (including phenoxy) is 3. The van der Waals surface area contributed by atoms with Gasteiger partial charge in [0.25, 0.3) is 0 Å². The number of carbonyl (C=O) groups excluding carboxylic acids is 1. The normalized spacial score (nSPS) is 10.5. The van der Waals surface area contributed by atoms with Crippen molar-refractivity contribution < 1.29 is 19.0 Å². The molecule has 1 N–H and O–H groups in total. The highest BCUT2D eigenvalue weighted by atomic mass is 16.5. The van der Waals surface area contributed by atoms with Crippen molar-refractivity contribution in [1.29, 1.82) is 0 Å². The molecule has 0 bridgehead atoms. The van der Waals surface area contributed by atoms with E-state index in [0.717, 1.165) is 5.56 Å². The fraction of sp³-hybridized carbons (Fsp3) is 0.250. The Labute approximate surface area is 148 Å². The van der Waals surface area contributed by atoms with E-state index in [4.69, 9.17) is 14.2 Å².